The van der Waals surface area contributed by atoms with E-state index in [9.17, 15) is 4.79 Å². The number of hydrogen-bond donors (Lipinski definition) is 2. The fourth-order valence-electron chi connectivity index (χ4n) is 2.19. The van der Waals surface area contributed by atoms with Gasteiger partial charge in [-0.2, -0.15) is 0 Å². The summed E-state index contributed by atoms with van der Waals surface area (Å²) in [5.41, 5.74) is 0.238. The zero-order valence-corrected chi connectivity index (χ0v) is 12.2. The maximum atomic E-state index is 12.4. The first-order valence-corrected chi connectivity index (χ1v) is 7.17. The maximum Gasteiger partial charge on any atom is 0.268 e. The van der Waals surface area contributed by atoms with E-state index in [4.69, 9.17) is 16.7 Å². The van der Waals surface area contributed by atoms with Crippen LogP contribution >= 0.6 is 11.6 Å². The number of halogens is 1. The van der Waals surface area contributed by atoms with Crippen molar-refractivity contribution in [3.05, 3.63) is 23.0 Å². The van der Waals surface area contributed by atoms with Crippen LogP contribution in [0.15, 0.2) is 12.3 Å². The Kier molecular flexibility index (Phi) is 4.21. The predicted octanol–water partition coefficient (Wildman–Crippen LogP) is 2.76. The second-order valence-corrected chi connectivity index (χ2v) is 5.96. The Hall–Kier alpha value is -1.00. The van der Waals surface area contributed by atoms with Crippen LogP contribution in [0.5, 0.6) is 0 Å². The second-order valence-electron chi connectivity index (χ2n) is 5.52. The Morgan fingerprint density at radius 1 is 1.63 bits per heavy atom. The van der Waals surface area contributed by atoms with E-state index in [-0.39, 0.29) is 18.1 Å². The van der Waals surface area contributed by atoms with E-state index in [2.05, 4.69) is 5.32 Å². The molecule has 19 heavy (non-hydrogen) atoms. The molecule has 2 rings (SSSR count). The first-order chi connectivity index (χ1) is 8.99. The van der Waals surface area contributed by atoms with Crippen molar-refractivity contribution in [3.63, 3.8) is 0 Å². The maximum absolute atomic E-state index is 12.4. The number of aromatic nitrogens is 1. The van der Waals surface area contributed by atoms with Crippen LogP contribution in [0.2, 0.25) is 5.02 Å². The van der Waals surface area contributed by atoms with Crippen molar-refractivity contribution in [1.82, 2.24) is 9.88 Å². The van der Waals surface area contributed by atoms with Gasteiger partial charge in [-0.15, -0.1) is 0 Å². The summed E-state index contributed by atoms with van der Waals surface area (Å²) < 4.78 is 1.96. The molecule has 1 fully saturated rings. The van der Waals surface area contributed by atoms with Crippen molar-refractivity contribution in [3.8, 4) is 0 Å². The van der Waals surface area contributed by atoms with E-state index in [1.807, 2.05) is 24.6 Å². The molecule has 1 unspecified atom stereocenters. The third kappa shape index (κ3) is 3.31. The Morgan fingerprint density at radius 2 is 2.32 bits per heavy atom. The second kappa shape index (κ2) is 5.55. The number of carbonyl (C=O) groups is 1. The molecule has 1 saturated carbocycles. The summed E-state index contributed by atoms with van der Waals surface area (Å²) in [7, 11) is 0. The Morgan fingerprint density at radius 3 is 2.84 bits per heavy atom. The molecule has 1 atom stereocenters. The minimum atomic E-state index is -0.378. The van der Waals surface area contributed by atoms with Crippen molar-refractivity contribution in [2.75, 3.05) is 6.61 Å². The molecule has 1 heterocycles. The molecular formula is C14H21ClN2O2. The van der Waals surface area contributed by atoms with Crippen molar-refractivity contribution < 1.29 is 9.90 Å². The third-order valence-corrected chi connectivity index (χ3v) is 4.05. The van der Waals surface area contributed by atoms with Gasteiger partial charge in [0.05, 0.1) is 5.02 Å². The summed E-state index contributed by atoms with van der Waals surface area (Å²) in [5.74, 6) is -0.114. The van der Waals surface area contributed by atoms with E-state index in [1.54, 1.807) is 6.07 Å². The number of aliphatic hydroxyl groups excluding tert-OH is 1. The zero-order valence-electron chi connectivity index (χ0n) is 11.4. The molecule has 0 aliphatic heterocycles. The van der Waals surface area contributed by atoms with Crippen molar-refractivity contribution in [2.45, 2.75) is 51.1 Å². The Labute approximate surface area is 118 Å². The molecule has 1 aromatic rings. The summed E-state index contributed by atoms with van der Waals surface area (Å²) >= 11 is 6.01. The van der Waals surface area contributed by atoms with E-state index >= 15 is 0 Å². The highest BCUT2D eigenvalue weighted by atomic mass is 35.5. The van der Waals surface area contributed by atoms with Crippen molar-refractivity contribution >= 4 is 17.5 Å². The Bertz CT molecular complexity index is 468. The average Bonchev–Trinajstić information content (AvgIpc) is 3.12. The van der Waals surface area contributed by atoms with Gasteiger partial charge in [0.25, 0.3) is 5.91 Å². The molecule has 0 aromatic carbocycles. The van der Waals surface area contributed by atoms with Gasteiger partial charge in [0.1, 0.15) is 5.69 Å². The minimum absolute atomic E-state index is 0.0645. The number of aliphatic hydroxyl groups is 1. The molecule has 0 bridgehead atoms. The van der Waals surface area contributed by atoms with Crippen LogP contribution in [0.1, 0.15) is 56.1 Å². The monoisotopic (exact) mass is 284 g/mol. The van der Waals surface area contributed by atoms with E-state index in [0.29, 0.717) is 23.2 Å². The highest BCUT2D eigenvalue weighted by molar-refractivity contribution is 6.31. The molecule has 106 valence electrons. The van der Waals surface area contributed by atoms with Gasteiger partial charge in [-0.1, -0.05) is 18.5 Å². The molecule has 2 N–H and O–H groups in total. The summed E-state index contributed by atoms with van der Waals surface area (Å²) in [4.78, 5) is 12.4. The van der Waals surface area contributed by atoms with Gasteiger partial charge in [-0.05, 0) is 38.7 Å². The fourth-order valence-corrected chi connectivity index (χ4v) is 2.40. The summed E-state index contributed by atoms with van der Waals surface area (Å²) in [5, 5.41) is 12.7. The van der Waals surface area contributed by atoms with E-state index in [1.165, 1.54) is 0 Å². The standard InChI is InChI=1S/C14H21ClN2O2/c1-3-14(2,6-7-18)16-13(19)12-8-10(15)9-17(12)11-4-5-11/h8-9,11,18H,3-7H2,1-2H3,(H,16,19). The van der Waals surface area contributed by atoms with E-state index in [0.717, 1.165) is 19.3 Å². The predicted molar refractivity (Wildman–Crippen MR) is 75.6 cm³/mol. The molecule has 1 aliphatic rings. The van der Waals surface area contributed by atoms with Gasteiger partial charge < -0.3 is 15.0 Å². The lowest BCUT2D eigenvalue weighted by Gasteiger charge is -2.29. The van der Waals surface area contributed by atoms with Gasteiger partial charge in [0.2, 0.25) is 0 Å². The first kappa shape index (κ1) is 14.4. The lowest BCUT2D eigenvalue weighted by atomic mass is 9.95. The number of amides is 1. The number of nitrogens with zero attached hydrogens (tertiary/aromatic N) is 1. The van der Waals surface area contributed by atoms with Crippen molar-refractivity contribution in [2.24, 2.45) is 0 Å². The summed E-state index contributed by atoms with van der Waals surface area (Å²) in [6.07, 6.45) is 5.35. The van der Waals surface area contributed by atoms with Gasteiger partial charge in [-0.25, -0.2) is 0 Å². The normalized spacial score (nSPS) is 18.1. The van der Waals surface area contributed by atoms with Crippen LogP contribution < -0.4 is 5.32 Å². The Balaban J connectivity index is 2.15. The fraction of sp³-hybridized carbons (Fsp3) is 0.643. The van der Waals surface area contributed by atoms with Gasteiger partial charge in [-0.3, -0.25) is 4.79 Å². The smallest absolute Gasteiger partial charge is 0.268 e. The molecule has 0 radical (unpaired) electrons. The van der Waals surface area contributed by atoms with Crippen molar-refractivity contribution in [1.29, 1.82) is 0 Å². The third-order valence-electron chi connectivity index (χ3n) is 3.85. The molecule has 1 aromatic heterocycles. The molecular weight excluding hydrogens is 264 g/mol. The lowest BCUT2D eigenvalue weighted by Crippen LogP contribution is -2.46. The highest BCUT2D eigenvalue weighted by Crippen LogP contribution is 2.37. The number of hydrogen-bond acceptors (Lipinski definition) is 2. The first-order valence-electron chi connectivity index (χ1n) is 6.80. The van der Waals surface area contributed by atoms with E-state index < -0.39 is 0 Å². The zero-order chi connectivity index (χ0) is 14.0. The largest absolute Gasteiger partial charge is 0.396 e. The highest BCUT2D eigenvalue weighted by Gasteiger charge is 2.30. The number of rotatable bonds is 6. The number of carbonyl (C=O) groups excluding carboxylic acids is 1. The van der Waals surface area contributed by atoms with Gasteiger partial charge >= 0.3 is 0 Å². The van der Waals surface area contributed by atoms with Gasteiger partial charge in [0.15, 0.2) is 0 Å². The van der Waals surface area contributed by atoms with Crippen LogP contribution in [0.4, 0.5) is 0 Å². The summed E-state index contributed by atoms with van der Waals surface area (Å²) in [6.45, 7) is 4.02. The summed E-state index contributed by atoms with van der Waals surface area (Å²) in [6, 6.07) is 2.13. The lowest BCUT2D eigenvalue weighted by molar-refractivity contribution is 0.0876. The van der Waals surface area contributed by atoms with Crippen LogP contribution in [0, 0.1) is 0 Å². The van der Waals surface area contributed by atoms with Crippen LogP contribution in [0.3, 0.4) is 0 Å². The van der Waals surface area contributed by atoms with Crippen LogP contribution in [-0.4, -0.2) is 27.7 Å². The number of nitrogens with one attached hydrogen (secondary N) is 1. The quantitative estimate of drug-likeness (QED) is 0.844. The molecule has 1 amide bonds. The average molecular weight is 285 g/mol. The molecule has 5 heteroatoms. The topological polar surface area (TPSA) is 54.3 Å². The molecule has 0 spiro atoms. The SMILES string of the molecule is CCC(C)(CCO)NC(=O)c1cc(Cl)cn1C1CC1. The minimum Gasteiger partial charge on any atom is -0.396 e. The van der Waals surface area contributed by atoms with Crippen LogP contribution in [-0.2, 0) is 0 Å². The van der Waals surface area contributed by atoms with Gasteiger partial charge in [0, 0.05) is 24.4 Å². The molecule has 0 saturated heterocycles. The van der Waals surface area contributed by atoms with Crippen LogP contribution in [0.25, 0.3) is 0 Å². The molecule has 4 nitrogen and oxygen atoms in total. The molecule has 1 aliphatic carbocycles.